The Hall–Kier alpha value is -0.0800. The summed E-state index contributed by atoms with van der Waals surface area (Å²) in [7, 11) is 0. The average molecular weight is 442 g/mol. The summed E-state index contributed by atoms with van der Waals surface area (Å²) in [6.07, 6.45) is -5.12. The molecule has 0 radical (unpaired) electrons. The molecule has 134 valence electrons. The van der Waals surface area contributed by atoms with Gasteiger partial charge in [0.15, 0.2) is 0 Å². The lowest BCUT2D eigenvalue weighted by molar-refractivity contribution is -0.138. The molecule has 1 heterocycles. The molecule has 23 heavy (non-hydrogen) atoms. The van der Waals surface area contributed by atoms with E-state index in [-0.39, 0.29) is 31.2 Å². The van der Waals surface area contributed by atoms with Crippen molar-refractivity contribution in [3.8, 4) is 0 Å². The molecule has 0 aliphatic carbocycles. The van der Waals surface area contributed by atoms with Crippen molar-refractivity contribution in [1.29, 1.82) is 0 Å². The van der Waals surface area contributed by atoms with Gasteiger partial charge in [-0.1, -0.05) is 15.9 Å². The predicted octanol–water partition coefficient (Wildman–Crippen LogP) is 4.72. The summed E-state index contributed by atoms with van der Waals surface area (Å²) in [5.41, 5.74) is 0.591. The van der Waals surface area contributed by atoms with Crippen molar-refractivity contribution in [2.24, 2.45) is 0 Å². The number of alkyl halides is 3. The molecule has 0 spiro atoms. The lowest BCUT2D eigenvalue weighted by Crippen LogP contribution is -2.45. The SMILES string of the molecule is Cl.Cl.Fc1cc(Br)cc([C@H](CCC(F)(F)F)N2CCNCC2)c1. The summed E-state index contributed by atoms with van der Waals surface area (Å²) in [6.45, 7) is 2.80. The fraction of sp³-hybridized carbons (Fsp3) is 0.571. The molecule has 0 saturated carbocycles. The highest BCUT2D eigenvalue weighted by molar-refractivity contribution is 9.10. The van der Waals surface area contributed by atoms with Crippen LogP contribution in [-0.4, -0.2) is 37.3 Å². The molecular formula is C14H19BrCl2F4N2. The van der Waals surface area contributed by atoms with Crippen LogP contribution in [-0.2, 0) is 0 Å². The third kappa shape index (κ3) is 7.56. The van der Waals surface area contributed by atoms with Gasteiger partial charge in [0.1, 0.15) is 5.82 Å². The van der Waals surface area contributed by atoms with Gasteiger partial charge in [-0.15, -0.1) is 24.8 Å². The second-order valence-electron chi connectivity index (χ2n) is 5.16. The van der Waals surface area contributed by atoms with Crippen molar-refractivity contribution < 1.29 is 17.6 Å². The standard InChI is InChI=1S/C14H17BrF4N2.2ClH/c15-11-7-10(8-12(16)9-11)13(1-2-14(17,18)19)21-5-3-20-4-6-21;;/h7-9,13,20H,1-6H2;2*1H/t13-;;/m0../s1. The van der Waals surface area contributed by atoms with Crippen LogP contribution < -0.4 is 5.32 Å². The highest BCUT2D eigenvalue weighted by Gasteiger charge is 2.31. The van der Waals surface area contributed by atoms with Crippen LogP contribution in [0, 0.1) is 5.82 Å². The summed E-state index contributed by atoms with van der Waals surface area (Å²) in [6, 6.07) is 3.92. The van der Waals surface area contributed by atoms with E-state index in [4.69, 9.17) is 0 Å². The van der Waals surface area contributed by atoms with Crippen LogP contribution in [0.2, 0.25) is 0 Å². The van der Waals surface area contributed by atoms with Crippen LogP contribution in [0.3, 0.4) is 0 Å². The van der Waals surface area contributed by atoms with Gasteiger partial charge in [-0.3, -0.25) is 4.90 Å². The molecule has 2 rings (SSSR count). The number of hydrogen-bond acceptors (Lipinski definition) is 2. The van der Waals surface area contributed by atoms with Gasteiger partial charge in [-0.05, 0) is 30.2 Å². The Morgan fingerprint density at radius 1 is 1.13 bits per heavy atom. The van der Waals surface area contributed by atoms with E-state index >= 15 is 0 Å². The Morgan fingerprint density at radius 3 is 2.26 bits per heavy atom. The van der Waals surface area contributed by atoms with E-state index in [9.17, 15) is 17.6 Å². The van der Waals surface area contributed by atoms with Gasteiger partial charge in [0, 0.05) is 43.1 Å². The van der Waals surface area contributed by atoms with E-state index < -0.39 is 24.5 Å². The first-order chi connectivity index (χ1) is 9.85. The van der Waals surface area contributed by atoms with E-state index in [1.807, 2.05) is 4.90 Å². The predicted molar refractivity (Wildman–Crippen MR) is 91.1 cm³/mol. The number of benzene rings is 1. The summed E-state index contributed by atoms with van der Waals surface area (Å²) < 4.78 is 51.7. The van der Waals surface area contributed by atoms with Gasteiger partial charge in [0.25, 0.3) is 0 Å². The maximum absolute atomic E-state index is 13.5. The van der Waals surface area contributed by atoms with Gasteiger partial charge >= 0.3 is 6.18 Å². The van der Waals surface area contributed by atoms with Crippen LogP contribution in [0.4, 0.5) is 17.6 Å². The fourth-order valence-corrected chi connectivity index (χ4v) is 3.10. The van der Waals surface area contributed by atoms with E-state index in [0.717, 1.165) is 13.1 Å². The Labute approximate surface area is 153 Å². The van der Waals surface area contributed by atoms with Crippen LogP contribution in [0.15, 0.2) is 22.7 Å². The molecule has 0 aromatic heterocycles. The van der Waals surface area contributed by atoms with Crippen molar-refractivity contribution in [3.63, 3.8) is 0 Å². The van der Waals surface area contributed by atoms with Crippen molar-refractivity contribution in [3.05, 3.63) is 34.1 Å². The molecule has 1 aliphatic heterocycles. The molecule has 1 aromatic carbocycles. The molecule has 1 atom stereocenters. The minimum atomic E-state index is -4.20. The molecule has 0 amide bonds. The Kier molecular flexibility index (Phi) is 10.00. The quantitative estimate of drug-likeness (QED) is 0.680. The molecular weight excluding hydrogens is 423 g/mol. The van der Waals surface area contributed by atoms with Gasteiger partial charge in [-0.2, -0.15) is 13.2 Å². The lowest BCUT2D eigenvalue weighted by atomic mass is 9.99. The molecule has 0 bridgehead atoms. The van der Waals surface area contributed by atoms with Crippen molar-refractivity contribution in [1.82, 2.24) is 10.2 Å². The maximum atomic E-state index is 13.5. The Bertz CT molecular complexity index is 462. The number of halogens is 7. The highest BCUT2D eigenvalue weighted by Crippen LogP contribution is 2.33. The zero-order valence-corrected chi connectivity index (χ0v) is 15.4. The van der Waals surface area contributed by atoms with E-state index in [1.54, 1.807) is 6.07 Å². The number of piperazine rings is 1. The van der Waals surface area contributed by atoms with E-state index in [1.165, 1.54) is 12.1 Å². The summed E-state index contributed by atoms with van der Waals surface area (Å²) in [4.78, 5) is 1.99. The molecule has 9 heteroatoms. The normalized spacial score (nSPS) is 17.1. The van der Waals surface area contributed by atoms with Gasteiger partial charge in [-0.25, -0.2) is 4.39 Å². The third-order valence-electron chi connectivity index (χ3n) is 3.56. The van der Waals surface area contributed by atoms with Crippen LogP contribution in [0.5, 0.6) is 0 Å². The zero-order chi connectivity index (χ0) is 15.5. The lowest BCUT2D eigenvalue weighted by Gasteiger charge is -2.35. The van der Waals surface area contributed by atoms with Gasteiger partial charge < -0.3 is 5.32 Å². The zero-order valence-electron chi connectivity index (χ0n) is 12.2. The van der Waals surface area contributed by atoms with Crippen molar-refractivity contribution >= 4 is 40.7 Å². The minimum Gasteiger partial charge on any atom is -0.314 e. The first kappa shape index (κ1) is 22.9. The number of hydrogen-bond donors (Lipinski definition) is 1. The number of rotatable bonds is 4. The molecule has 1 aliphatic rings. The summed E-state index contributed by atoms with van der Waals surface area (Å²) in [5, 5.41) is 3.17. The van der Waals surface area contributed by atoms with Crippen LogP contribution in [0.1, 0.15) is 24.4 Å². The first-order valence-electron chi connectivity index (χ1n) is 6.83. The van der Waals surface area contributed by atoms with Crippen molar-refractivity contribution in [2.45, 2.75) is 25.1 Å². The molecule has 1 N–H and O–H groups in total. The average Bonchev–Trinajstić information content (AvgIpc) is 2.37. The third-order valence-corrected chi connectivity index (χ3v) is 4.02. The smallest absolute Gasteiger partial charge is 0.314 e. The summed E-state index contributed by atoms with van der Waals surface area (Å²) >= 11 is 3.20. The maximum Gasteiger partial charge on any atom is 0.389 e. The highest BCUT2D eigenvalue weighted by atomic mass is 79.9. The van der Waals surface area contributed by atoms with Crippen LogP contribution >= 0.6 is 40.7 Å². The number of nitrogens with one attached hydrogen (secondary N) is 1. The molecule has 2 nitrogen and oxygen atoms in total. The molecule has 1 saturated heterocycles. The monoisotopic (exact) mass is 440 g/mol. The molecule has 1 aromatic rings. The second-order valence-corrected chi connectivity index (χ2v) is 6.07. The summed E-state index contributed by atoms with van der Waals surface area (Å²) in [5.74, 6) is -0.438. The second kappa shape index (κ2) is 10.0. The van der Waals surface area contributed by atoms with Crippen LogP contribution in [0.25, 0.3) is 0 Å². The molecule has 0 unspecified atom stereocenters. The Morgan fingerprint density at radius 2 is 1.74 bits per heavy atom. The first-order valence-corrected chi connectivity index (χ1v) is 7.62. The molecule has 1 fully saturated rings. The van der Waals surface area contributed by atoms with Gasteiger partial charge in [0.05, 0.1) is 0 Å². The van der Waals surface area contributed by atoms with E-state index in [2.05, 4.69) is 21.2 Å². The van der Waals surface area contributed by atoms with E-state index in [0.29, 0.717) is 23.1 Å². The Balaban J connectivity index is 0.00000242. The largest absolute Gasteiger partial charge is 0.389 e. The van der Waals surface area contributed by atoms with Crippen molar-refractivity contribution in [2.75, 3.05) is 26.2 Å². The fourth-order valence-electron chi connectivity index (χ4n) is 2.62. The minimum absolute atomic E-state index is 0. The number of nitrogens with zero attached hydrogens (tertiary/aromatic N) is 1. The topological polar surface area (TPSA) is 15.3 Å². The van der Waals surface area contributed by atoms with Gasteiger partial charge in [0.2, 0.25) is 0 Å².